The molecule has 4 N–H and O–H groups in total. The smallest absolute Gasteiger partial charge is 0.116 e. The number of hydrogen-bond donors (Lipinski definition) is 4. The standard InChI is InChI=1S/2C23H26O2.C7H8/c2*24-16-22-20(17-9-3-1-4-10-17)15-18-11-7-8-14-21(18)23(22,25)19-12-5-2-6-13-19;1-7-5-3-2-4-6-7/h2*1-6,9-10,12-13,20,22,24-25H,7-8,11,14-16H2;2-6H,1H3/t2*20-,22-,23+;/m11./s1. The molecule has 4 aliphatic rings. The zero-order chi connectivity index (χ0) is 39.7. The topological polar surface area (TPSA) is 80.9 Å². The average molecular weight is 761 g/mol. The Hall–Kier alpha value is -4.58. The molecule has 0 unspecified atom stereocenters. The van der Waals surface area contributed by atoms with Gasteiger partial charge in [0.25, 0.3) is 0 Å². The fourth-order valence-corrected chi connectivity index (χ4v) is 10.5. The van der Waals surface area contributed by atoms with Crippen molar-refractivity contribution in [2.75, 3.05) is 13.2 Å². The van der Waals surface area contributed by atoms with E-state index < -0.39 is 11.2 Å². The van der Waals surface area contributed by atoms with Gasteiger partial charge in [-0.2, -0.15) is 0 Å². The minimum absolute atomic E-state index is 0.0122. The van der Waals surface area contributed by atoms with Crippen LogP contribution in [0.5, 0.6) is 0 Å². The predicted molar refractivity (Wildman–Crippen MR) is 232 cm³/mol. The first kappa shape index (κ1) is 40.6. The molecule has 0 bridgehead atoms. The lowest BCUT2D eigenvalue weighted by molar-refractivity contribution is -0.0394. The van der Waals surface area contributed by atoms with Gasteiger partial charge in [-0.25, -0.2) is 0 Å². The minimum atomic E-state index is -1.06. The van der Waals surface area contributed by atoms with Gasteiger partial charge >= 0.3 is 0 Å². The van der Waals surface area contributed by atoms with Crippen LogP contribution < -0.4 is 0 Å². The van der Waals surface area contributed by atoms with Crippen LogP contribution in [0.4, 0.5) is 0 Å². The molecule has 0 spiro atoms. The van der Waals surface area contributed by atoms with E-state index in [4.69, 9.17) is 0 Å². The molecule has 5 aromatic carbocycles. The van der Waals surface area contributed by atoms with Crippen LogP contribution in [0, 0.1) is 18.8 Å². The van der Waals surface area contributed by atoms with E-state index in [0.717, 1.165) is 62.5 Å². The lowest BCUT2D eigenvalue weighted by Gasteiger charge is -2.48. The average Bonchev–Trinajstić information content (AvgIpc) is 3.28. The molecular formula is C53H60O4. The number of benzene rings is 5. The summed E-state index contributed by atoms with van der Waals surface area (Å²) in [6.07, 6.45) is 10.6. The van der Waals surface area contributed by atoms with Gasteiger partial charge in [0.05, 0.1) is 0 Å². The van der Waals surface area contributed by atoms with Crippen molar-refractivity contribution in [2.45, 2.75) is 94.2 Å². The zero-order valence-corrected chi connectivity index (χ0v) is 33.5. The summed E-state index contributed by atoms with van der Waals surface area (Å²) in [6.45, 7) is 2.06. The highest BCUT2D eigenvalue weighted by Crippen LogP contribution is 2.56. The van der Waals surface area contributed by atoms with Crippen LogP contribution in [0.1, 0.15) is 104 Å². The summed E-state index contributed by atoms with van der Waals surface area (Å²) in [4.78, 5) is 0. The number of aliphatic hydroxyl groups excluding tert-OH is 2. The number of rotatable bonds is 6. The van der Waals surface area contributed by atoms with Crippen molar-refractivity contribution in [3.8, 4) is 0 Å². The van der Waals surface area contributed by atoms with Crippen molar-refractivity contribution >= 4 is 0 Å². The maximum Gasteiger partial charge on any atom is 0.116 e. The van der Waals surface area contributed by atoms with E-state index in [1.807, 2.05) is 91.0 Å². The molecule has 4 heteroatoms. The van der Waals surface area contributed by atoms with E-state index in [1.54, 1.807) is 0 Å². The molecule has 0 radical (unpaired) electrons. The summed E-state index contributed by atoms with van der Waals surface area (Å²) in [5.41, 5.74) is 8.64. The van der Waals surface area contributed by atoms with Crippen LogP contribution in [0.25, 0.3) is 0 Å². The highest BCUT2D eigenvalue weighted by atomic mass is 16.3. The van der Waals surface area contributed by atoms with E-state index in [2.05, 4.69) is 67.6 Å². The molecule has 296 valence electrons. The van der Waals surface area contributed by atoms with Gasteiger partial charge in [0.1, 0.15) is 11.2 Å². The van der Waals surface area contributed by atoms with Gasteiger partial charge in [-0.1, -0.05) is 168 Å². The first-order valence-corrected chi connectivity index (χ1v) is 21.2. The summed E-state index contributed by atoms with van der Waals surface area (Å²) in [5, 5.41) is 44.7. The third kappa shape index (κ3) is 8.52. The van der Waals surface area contributed by atoms with E-state index in [9.17, 15) is 20.4 Å². The SMILES string of the molecule is Cc1ccccc1.OC[C@@H]1[C@@H](c2ccccc2)CC2=C(CCCC2)[C@@]1(O)c1ccccc1.OC[C@@H]1[C@@H](c2ccccc2)CC2=C(CCCC2)[C@@]1(O)c1ccccc1. The molecule has 6 atom stereocenters. The third-order valence-electron chi connectivity index (χ3n) is 13.3. The molecule has 0 aliphatic heterocycles. The molecule has 0 fully saturated rings. The number of hydrogen-bond acceptors (Lipinski definition) is 4. The van der Waals surface area contributed by atoms with Crippen molar-refractivity contribution in [3.05, 3.63) is 202 Å². The highest BCUT2D eigenvalue weighted by Gasteiger charge is 2.51. The monoisotopic (exact) mass is 760 g/mol. The van der Waals surface area contributed by atoms with Gasteiger partial charge in [-0.15, -0.1) is 0 Å². The number of allylic oxidation sites excluding steroid dienone is 2. The maximum absolute atomic E-state index is 12.0. The van der Waals surface area contributed by atoms with Crippen LogP contribution >= 0.6 is 0 Å². The summed E-state index contributed by atoms with van der Waals surface area (Å²) in [6, 6.07) is 51.0. The predicted octanol–water partition coefficient (Wildman–Crippen LogP) is 11.1. The van der Waals surface area contributed by atoms with Crippen LogP contribution in [0.15, 0.2) is 174 Å². The Labute approximate surface area is 340 Å². The largest absolute Gasteiger partial charge is 0.396 e. The molecule has 0 amide bonds. The molecule has 57 heavy (non-hydrogen) atoms. The van der Waals surface area contributed by atoms with Crippen molar-refractivity contribution < 1.29 is 20.4 Å². The first-order chi connectivity index (χ1) is 27.9. The Bertz CT molecular complexity index is 1930. The van der Waals surface area contributed by atoms with Gasteiger partial charge in [-0.05, 0) is 116 Å². The lowest BCUT2D eigenvalue weighted by atomic mass is 9.59. The highest BCUT2D eigenvalue weighted by molar-refractivity contribution is 5.45. The van der Waals surface area contributed by atoms with Gasteiger partial charge < -0.3 is 20.4 Å². The van der Waals surface area contributed by atoms with Crippen LogP contribution in [-0.4, -0.2) is 33.6 Å². The van der Waals surface area contributed by atoms with Crippen LogP contribution in [0.2, 0.25) is 0 Å². The van der Waals surface area contributed by atoms with Gasteiger partial charge in [0.2, 0.25) is 0 Å². The Kier molecular flexibility index (Phi) is 13.4. The molecule has 0 heterocycles. The molecule has 0 saturated heterocycles. The quantitative estimate of drug-likeness (QED) is 0.130. The van der Waals surface area contributed by atoms with E-state index in [-0.39, 0.29) is 36.9 Å². The summed E-state index contributed by atoms with van der Waals surface area (Å²) >= 11 is 0. The summed E-state index contributed by atoms with van der Waals surface area (Å²) < 4.78 is 0. The van der Waals surface area contributed by atoms with Gasteiger partial charge in [0, 0.05) is 25.0 Å². The van der Waals surface area contributed by atoms with E-state index in [0.29, 0.717) is 0 Å². The van der Waals surface area contributed by atoms with Crippen molar-refractivity contribution in [1.29, 1.82) is 0 Å². The Morgan fingerprint density at radius 3 is 1.07 bits per heavy atom. The number of aliphatic hydroxyl groups is 4. The summed E-state index contributed by atoms with van der Waals surface area (Å²) in [7, 11) is 0. The molecule has 0 aromatic heterocycles. The van der Waals surface area contributed by atoms with Crippen LogP contribution in [-0.2, 0) is 11.2 Å². The van der Waals surface area contributed by atoms with Crippen molar-refractivity contribution in [2.24, 2.45) is 11.8 Å². The van der Waals surface area contributed by atoms with Crippen molar-refractivity contribution in [3.63, 3.8) is 0 Å². The second-order valence-corrected chi connectivity index (χ2v) is 16.5. The fourth-order valence-electron chi connectivity index (χ4n) is 10.5. The summed E-state index contributed by atoms with van der Waals surface area (Å²) in [5.74, 6) is -0.134. The zero-order valence-electron chi connectivity index (χ0n) is 33.5. The Balaban J connectivity index is 0.000000149. The second-order valence-electron chi connectivity index (χ2n) is 16.5. The molecule has 4 nitrogen and oxygen atoms in total. The third-order valence-corrected chi connectivity index (χ3v) is 13.3. The second kappa shape index (κ2) is 18.8. The molecule has 0 saturated carbocycles. The van der Waals surface area contributed by atoms with Crippen molar-refractivity contribution in [1.82, 2.24) is 0 Å². The minimum Gasteiger partial charge on any atom is -0.396 e. The molecular weight excluding hydrogens is 701 g/mol. The number of aryl methyl sites for hydroxylation is 1. The maximum atomic E-state index is 12.0. The normalized spacial score (nSPS) is 26.8. The van der Waals surface area contributed by atoms with Crippen LogP contribution in [0.3, 0.4) is 0 Å². The van der Waals surface area contributed by atoms with E-state index in [1.165, 1.54) is 51.8 Å². The first-order valence-electron chi connectivity index (χ1n) is 21.2. The molecule has 5 aromatic rings. The Morgan fingerprint density at radius 1 is 0.439 bits per heavy atom. The Morgan fingerprint density at radius 2 is 0.754 bits per heavy atom. The molecule has 9 rings (SSSR count). The van der Waals surface area contributed by atoms with E-state index >= 15 is 0 Å². The fraction of sp³-hybridized carbons (Fsp3) is 0.358. The van der Waals surface area contributed by atoms with Gasteiger partial charge in [-0.3, -0.25) is 0 Å². The van der Waals surface area contributed by atoms with Gasteiger partial charge in [0.15, 0.2) is 0 Å². The lowest BCUT2D eigenvalue weighted by Crippen LogP contribution is -2.46. The molecule has 4 aliphatic carbocycles.